The lowest BCUT2D eigenvalue weighted by Gasteiger charge is -2.26. The van der Waals surface area contributed by atoms with Gasteiger partial charge in [-0.15, -0.1) is 0 Å². The fourth-order valence-electron chi connectivity index (χ4n) is 2.65. The molecule has 0 saturated carbocycles. The summed E-state index contributed by atoms with van der Waals surface area (Å²) in [5.41, 5.74) is 0. The summed E-state index contributed by atoms with van der Waals surface area (Å²) in [5, 5.41) is 3.60. The Labute approximate surface area is 98.2 Å². The highest BCUT2D eigenvalue weighted by atomic mass is 32.2. The zero-order chi connectivity index (χ0) is 10.5. The quantitative estimate of drug-likeness (QED) is 0.773. The predicted molar refractivity (Wildman–Crippen MR) is 68.6 cm³/mol. The van der Waals surface area contributed by atoms with Crippen LogP contribution in [0.15, 0.2) is 0 Å². The van der Waals surface area contributed by atoms with E-state index < -0.39 is 0 Å². The lowest BCUT2D eigenvalue weighted by atomic mass is 10.1. The van der Waals surface area contributed by atoms with Crippen LogP contribution in [0.4, 0.5) is 0 Å². The minimum absolute atomic E-state index is 0.777. The third kappa shape index (κ3) is 3.65. The van der Waals surface area contributed by atoms with Gasteiger partial charge in [-0.1, -0.05) is 6.92 Å². The maximum atomic E-state index is 3.60. The van der Waals surface area contributed by atoms with Gasteiger partial charge in [0.15, 0.2) is 0 Å². The number of nitrogens with zero attached hydrogens (tertiary/aromatic N) is 1. The van der Waals surface area contributed by atoms with Crippen molar-refractivity contribution in [1.82, 2.24) is 10.2 Å². The van der Waals surface area contributed by atoms with Gasteiger partial charge in [0, 0.05) is 19.1 Å². The van der Waals surface area contributed by atoms with Crippen LogP contribution in [0.5, 0.6) is 0 Å². The standard InChI is InChI=1S/C12H24N2S/c1-2-14(8-11-5-7-15-10-11)9-12-4-3-6-13-12/h11-13H,2-10H2,1H3. The number of hydrogen-bond acceptors (Lipinski definition) is 3. The Hall–Kier alpha value is 0.270. The third-order valence-electron chi connectivity index (χ3n) is 3.63. The van der Waals surface area contributed by atoms with Gasteiger partial charge in [0.2, 0.25) is 0 Å². The molecule has 0 spiro atoms. The van der Waals surface area contributed by atoms with Crippen LogP contribution in [0.2, 0.25) is 0 Å². The highest BCUT2D eigenvalue weighted by Crippen LogP contribution is 2.24. The molecule has 2 heterocycles. The molecule has 15 heavy (non-hydrogen) atoms. The minimum Gasteiger partial charge on any atom is -0.313 e. The van der Waals surface area contributed by atoms with Crippen molar-refractivity contribution in [2.24, 2.45) is 5.92 Å². The van der Waals surface area contributed by atoms with E-state index in [0.29, 0.717) is 0 Å². The first kappa shape index (κ1) is 11.7. The van der Waals surface area contributed by atoms with E-state index >= 15 is 0 Å². The second kappa shape index (κ2) is 6.12. The van der Waals surface area contributed by atoms with Crippen molar-refractivity contribution in [2.45, 2.75) is 32.2 Å². The molecule has 2 atom stereocenters. The van der Waals surface area contributed by atoms with Gasteiger partial charge in [0.1, 0.15) is 0 Å². The number of thioether (sulfide) groups is 1. The smallest absolute Gasteiger partial charge is 0.0195 e. The minimum atomic E-state index is 0.777. The van der Waals surface area contributed by atoms with Crippen molar-refractivity contribution in [3.63, 3.8) is 0 Å². The van der Waals surface area contributed by atoms with Gasteiger partial charge < -0.3 is 10.2 Å². The van der Waals surface area contributed by atoms with Crippen LogP contribution >= 0.6 is 11.8 Å². The molecule has 2 aliphatic heterocycles. The third-order valence-corrected chi connectivity index (χ3v) is 4.86. The number of nitrogens with one attached hydrogen (secondary N) is 1. The second-order valence-electron chi connectivity index (χ2n) is 4.88. The lowest BCUT2D eigenvalue weighted by Crippen LogP contribution is -2.39. The van der Waals surface area contributed by atoms with E-state index in [1.54, 1.807) is 0 Å². The molecule has 0 aromatic carbocycles. The Bertz CT molecular complexity index is 156. The van der Waals surface area contributed by atoms with Crippen molar-refractivity contribution >= 4 is 11.8 Å². The van der Waals surface area contributed by atoms with E-state index in [1.165, 1.54) is 56.9 Å². The van der Waals surface area contributed by atoms with Gasteiger partial charge in [-0.3, -0.25) is 0 Å². The molecule has 1 N–H and O–H groups in total. The first-order valence-corrected chi connectivity index (χ1v) is 7.57. The van der Waals surface area contributed by atoms with E-state index in [4.69, 9.17) is 0 Å². The Kier molecular flexibility index (Phi) is 4.79. The van der Waals surface area contributed by atoms with Gasteiger partial charge in [0.25, 0.3) is 0 Å². The maximum absolute atomic E-state index is 3.60. The largest absolute Gasteiger partial charge is 0.313 e. The van der Waals surface area contributed by atoms with Crippen LogP contribution in [0.25, 0.3) is 0 Å². The van der Waals surface area contributed by atoms with Crippen LogP contribution in [0, 0.1) is 5.92 Å². The SMILES string of the molecule is CCN(CC1CCSC1)CC1CCCN1. The summed E-state index contributed by atoms with van der Waals surface area (Å²) in [6.07, 6.45) is 4.21. The molecule has 88 valence electrons. The summed E-state index contributed by atoms with van der Waals surface area (Å²) in [4.78, 5) is 2.65. The topological polar surface area (TPSA) is 15.3 Å². The summed E-state index contributed by atoms with van der Waals surface area (Å²) in [5.74, 6) is 3.76. The van der Waals surface area contributed by atoms with Gasteiger partial charge in [-0.25, -0.2) is 0 Å². The number of hydrogen-bond donors (Lipinski definition) is 1. The van der Waals surface area contributed by atoms with Crippen molar-refractivity contribution < 1.29 is 0 Å². The normalized spacial score (nSPS) is 31.6. The molecule has 3 heteroatoms. The monoisotopic (exact) mass is 228 g/mol. The zero-order valence-electron chi connectivity index (χ0n) is 9.87. The summed E-state index contributed by atoms with van der Waals surface area (Å²) in [7, 11) is 0. The molecule has 0 amide bonds. The lowest BCUT2D eigenvalue weighted by molar-refractivity contribution is 0.230. The summed E-state index contributed by atoms with van der Waals surface area (Å²) < 4.78 is 0. The van der Waals surface area contributed by atoms with E-state index in [1.807, 2.05) is 0 Å². The highest BCUT2D eigenvalue weighted by molar-refractivity contribution is 7.99. The van der Waals surface area contributed by atoms with Gasteiger partial charge >= 0.3 is 0 Å². The first-order valence-electron chi connectivity index (χ1n) is 6.42. The maximum Gasteiger partial charge on any atom is 0.0195 e. The van der Waals surface area contributed by atoms with E-state index in [0.717, 1.165) is 12.0 Å². The van der Waals surface area contributed by atoms with Crippen LogP contribution < -0.4 is 5.32 Å². The molecular formula is C12H24N2S. The number of rotatable bonds is 5. The molecule has 0 radical (unpaired) electrons. The Morgan fingerprint density at radius 1 is 1.33 bits per heavy atom. The van der Waals surface area contributed by atoms with Crippen LogP contribution in [0.1, 0.15) is 26.2 Å². The van der Waals surface area contributed by atoms with Crippen molar-refractivity contribution in [3.8, 4) is 0 Å². The molecule has 0 aromatic heterocycles. The Morgan fingerprint density at radius 3 is 2.87 bits per heavy atom. The fourth-order valence-corrected chi connectivity index (χ4v) is 3.92. The first-order chi connectivity index (χ1) is 7.38. The summed E-state index contributed by atoms with van der Waals surface area (Å²) in [6, 6.07) is 0.777. The van der Waals surface area contributed by atoms with Gasteiger partial charge in [-0.05, 0) is 49.8 Å². The molecule has 0 aliphatic carbocycles. The van der Waals surface area contributed by atoms with E-state index in [-0.39, 0.29) is 0 Å². The average molecular weight is 228 g/mol. The zero-order valence-corrected chi connectivity index (χ0v) is 10.7. The molecule has 2 aliphatic rings. The fraction of sp³-hybridized carbons (Fsp3) is 1.00. The molecule has 0 bridgehead atoms. The van der Waals surface area contributed by atoms with E-state index in [9.17, 15) is 0 Å². The summed E-state index contributed by atoms with van der Waals surface area (Å²) in [6.45, 7) is 7.37. The van der Waals surface area contributed by atoms with Gasteiger partial charge in [-0.2, -0.15) is 11.8 Å². The second-order valence-corrected chi connectivity index (χ2v) is 6.02. The van der Waals surface area contributed by atoms with Crippen LogP contribution in [0.3, 0.4) is 0 Å². The average Bonchev–Trinajstić information content (AvgIpc) is 2.89. The molecule has 2 fully saturated rings. The summed E-state index contributed by atoms with van der Waals surface area (Å²) >= 11 is 2.14. The van der Waals surface area contributed by atoms with Crippen molar-refractivity contribution in [3.05, 3.63) is 0 Å². The predicted octanol–water partition coefficient (Wildman–Crippen LogP) is 1.81. The molecule has 2 saturated heterocycles. The molecule has 2 unspecified atom stereocenters. The van der Waals surface area contributed by atoms with E-state index in [2.05, 4.69) is 28.9 Å². The molecule has 2 nitrogen and oxygen atoms in total. The van der Waals surface area contributed by atoms with Gasteiger partial charge in [0.05, 0.1) is 0 Å². The van der Waals surface area contributed by atoms with Crippen LogP contribution in [-0.4, -0.2) is 48.6 Å². The molecule has 0 aromatic rings. The number of likely N-dealkylation sites (N-methyl/N-ethyl adjacent to an activating group) is 1. The Morgan fingerprint density at radius 2 is 2.27 bits per heavy atom. The molecule has 2 rings (SSSR count). The van der Waals surface area contributed by atoms with Crippen molar-refractivity contribution in [1.29, 1.82) is 0 Å². The highest BCUT2D eigenvalue weighted by Gasteiger charge is 2.21. The molecular weight excluding hydrogens is 204 g/mol. The Balaban J connectivity index is 1.70. The van der Waals surface area contributed by atoms with Crippen molar-refractivity contribution in [2.75, 3.05) is 37.7 Å². The van der Waals surface area contributed by atoms with Crippen LogP contribution in [-0.2, 0) is 0 Å².